The molecule has 18 aromatic carbocycles. The van der Waals surface area contributed by atoms with Gasteiger partial charge in [0.15, 0.2) is 52.4 Å². The Morgan fingerprint density at radius 2 is 0.304 bits per heavy atom. The van der Waals surface area contributed by atoms with E-state index in [0.29, 0.717) is 52.4 Å². The van der Waals surface area contributed by atoms with Gasteiger partial charge < -0.3 is 0 Å². The van der Waals surface area contributed by atoms with Gasteiger partial charge in [-0.3, -0.25) is 0 Å². The van der Waals surface area contributed by atoms with Crippen LogP contribution in [0.5, 0.6) is 0 Å². The molecule has 0 unspecified atom stereocenters. The largest absolute Gasteiger partial charge is 0.236 e. The van der Waals surface area contributed by atoms with Crippen LogP contribution >= 0.6 is 34.0 Å². The van der Waals surface area contributed by atoms with E-state index in [-0.39, 0.29) is 0 Å². The van der Waals surface area contributed by atoms with E-state index in [1.807, 2.05) is 133 Å². The zero-order valence-electron chi connectivity index (χ0n) is 72.6. The minimum absolute atomic E-state index is 0.631. The van der Waals surface area contributed by atoms with Gasteiger partial charge in [-0.25, -0.2) is 59.8 Å². The Kier molecular flexibility index (Phi) is 23.7. The molecule has 24 aromatic rings. The first-order chi connectivity index (χ1) is 66.9. The Balaban J connectivity index is 0.000000118. The lowest BCUT2D eigenvalue weighted by Crippen LogP contribution is -2.01. The molecule has 0 fully saturated rings. The number of thiazole rings is 3. The Bertz CT molecular complexity index is 8270. The van der Waals surface area contributed by atoms with Gasteiger partial charge in [0.2, 0.25) is 0 Å². The predicted octanol–water partition coefficient (Wildman–Crippen LogP) is 31.4. The molecule has 0 saturated heterocycles. The summed E-state index contributed by atoms with van der Waals surface area (Å²) in [4.78, 5) is 59.7. The van der Waals surface area contributed by atoms with Crippen LogP contribution in [-0.4, -0.2) is 59.8 Å². The van der Waals surface area contributed by atoms with Crippen molar-refractivity contribution in [2.24, 2.45) is 0 Å². The van der Waals surface area contributed by atoms with Crippen molar-refractivity contribution in [3.8, 4) is 201 Å². The molecule has 0 atom stereocenters. The summed E-state index contributed by atoms with van der Waals surface area (Å²) < 4.78 is 3.48. The Hall–Kier alpha value is -17.3. The van der Waals surface area contributed by atoms with E-state index < -0.39 is 0 Å². The highest BCUT2D eigenvalue weighted by Gasteiger charge is 2.23. The average molecular weight is 1780 g/mol. The highest BCUT2D eigenvalue weighted by molar-refractivity contribution is 7.23. The van der Waals surface area contributed by atoms with Crippen LogP contribution in [0.3, 0.4) is 0 Å². The van der Waals surface area contributed by atoms with Gasteiger partial charge in [-0.2, -0.15) is 0 Å². The molecule has 24 rings (SSSR count). The third kappa shape index (κ3) is 18.3. The molecule has 135 heavy (non-hydrogen) atoms. The number of nitrogens with zero attached hydrogens (tertiary/aromatic N) is 12. The van der Waals surface area contributed by atoms with Crippen LogP contribution in [0, 0.1) is 0 Å². The number of hydrogen-bond acceptors (Lipinski definition) is 15. The lowest BCUT2D eigenvalue weighted by atomic mass is 9.98. The molecule has 0 amide bonds. The van der Waals surface area contributed by atoms with Crippen LogP contribution in [-0.2, 0) is 0 Å². The van der Waals surface area contributed by atoms with E-state index in [1.165, 1.54) is 27.0 Å². The molecule has 0 aliphatic rings. The van der Waals surface area contributed by atoms with Crippen molar-refractivity contribution in [2.45, 2.75) is 0 Å². The van der Waals surface area contributed by atoms with E-state index in [9.17, 15) is 0 Å². The molecule has 0 aliphatic carbocycles. The summed E-state index contributed by atoms with van der Waals surface area (Å²) >= 11 is 5.16. The van der Waals surface area contributed by atoms with E-state index in [4.69, 9.17) is 59.8 Å². The minimum atomic E-state index is 0.631. The third-order valence-corrected chi connectivity index (χ3v) is 26.9. The smallest absolute Gasteiger partial charge is 0.164 e. The predicted molar refractivity (Wildman–Crippen MR) is 557 cm³/mol. The van der Waals surface area contributed by atoms with Gasteiger partial charge in [-0.15, -0.1) is 34.0 Å². The number of benzene rings is 18. The summed E-state index contributed by atoms with van der Waals surface area (Å²) in [5.41, 5.74) is 28.5. The monoisotopic (exact) mass is 1780 g/mol. The molecule has 6 aromatic heterocycles. The molecule has 0 radical (unpaired) electrons. The third-order valence-electron chi connectivity index (χ3n) is 23.4. The van der Waals surface area contributed by atoms with Crippen LogP contribution in [0.4, 0.5) is 0 Å². The van der Waals surface area contributed by atoms with Gasteiger partial charge in [0, 0.05) is 83.5 Å². The summed E-state index contributed by atoms with van der Waals surface area (Å²) in [6, 6.07) is 162. The van der Waals surface area contributed by atoms with Crippen molar-refractivity contribution in [1.29, 1.82) is 0 Å². The number of hydrogen-bond donors (Lipinski definition) is 0. The van der Waals surface area contributed by atoms with Crippen molar-refractivity contribution in [1.82, 2.24) is 59.8 Å². The Morgan fingerprint density at radius 3 is 0.622 bits per heavy atom. The second-order valence-corrected chi connectivity index (χ2v) is 35.2. The van der Waals surface area contributed by atoms with Crippen LogP contribution in [0.15, 0.2) is 473 Å². The molecule has 0 N–H and O–H groups in total. The second-order valence-electron chi connectivity index (χ2n) is 32.2. The van der Waals surface area contributed by atoms with Crippen molar-refractivity contribution in [3.63, 3.8) is 0 Å². The Morgan fingerprint density at radius 1 is 0.111 bits per heavy atom. The molecule has 15 heteroatoms. The van der Waals surface area contributed by atoms with Gasteiger partial charge >= 0.3 is 0 Å². The number of fused-ring (bicyclic) bond motifs is 3. The van der Waals surface area contributed by atoms with Crippen molar-refractivity contribution in [2.75, 3.05) is 0 Å². The van der Waals surface area contributed by atoms with E-state index in [1.54, 1.807) is 34.0 Å². The number of rotatable bonds is 18. The summed E-state index contributed by atoms with van der Waals surface area (Å²) in [7, 11) is 0. The maximum Gasteiger partial charge on any atom is 0.164 e. The van der Waals surface area contributed by atoms with Crippen LogP contribution in [0.2, 0.25) is 0 Å². The standard InChI is InChI=1S/3C40H26N4S/c1-4-12-27(13-5-1)28-22-24-30(25-23-28)38-42-37(29-14-6-2-7-15-29)43-39(44-38)33-19-10-18-32(26-33)34-20-11-21-35-36(34)45-40(41-35)31-16-8-3-9-17-31;1-4-13-27(14-5-1)28-23-25-30(26-24-28)38-42-37(29-15-6-2-7-16-29)43-39(44-38)34-20-11-10-19-32(34)33-21-12-22-35-36(33)45-40(41-35)31-17-8-3-9-18-31;1-4-11-27(12-5-1)28-19-23-31(24-20-28)38-42-37(30-13-6-2-7-14-30)43-39(44-38)32-25-21-29(22-26-32)34-17-10-18-35-36(34)45-40(41-35)33-15-8-3-9-16-33/h3*1-26H. The second kappa shape index (κ2) is 38.4. The van der Waals surface area contributed by atoms with Crippen LogP contribution in [0.1, 0.15) is 0 Å². The zero-order valence-corrected chi connectivity index (χ0v) is 75.1. The normalized spacial score (nSPS) is 11.1. The summed E-state index contributed by atoms with van der Waals surface area (Å²) in [5, 5.41) is 3.04. The first-order valence-corrected chi connectivity index (χ1v) is 46.9. The van der Waals surface area contributed by atoms with Crippen molar-refractivity contribution >= 4 is 64.7 Å². The quantitative estimate of drug-likeness (QED) is 0.0803. The summed E-state index contributed by atoms with van der Waals surface area (Å²) in [6.07, 6.45) is 0. The molecule has 0 aliphatic heterocycles. The minimum Gasteiger partial charge on any atom is -0.236 e. The number of aromatic nitrogens is 12. The van der Waals surface area contributed by atoms with Crippen molar-refractivity contribution < 1.29 is 0 Å². The van der Waals surface area contributed by atoms with Crippen molar-refractivity contribution in [3.05, 3.63) is 473 Å². The topological polar surface area (TPSA) is 155 Å². The first-order valence-electron chi connectivity index (χ1n) is 44.5. The fraction of sp³-hybridized carbons (Fsp3) is 0. The fourth-order valence-corrected chi connectivity index (χ4v) is 19.8. The van der Waals surface area contributed by atoms with E-state index >= 15 is 0 Å². The molecule has 0 bridgehead atoms. The maximum atomic E-state index is 5.09. The molecule has 6 heterocycles. The molecule has 0 saturated carbocycles. The van der Waals surface area contributed by atoms with Gasteiger partial charge in [0.25, 0.3) is 0 Å². The van der Waals surface area contributed by atoms with Gasteiger partial charge in [-0.05, 0) is 74.3 Å². The van der Waals surface area contributed by atoms with Gasteiger partial charge in [-0.1, -0.05) is 449 Å². The van der Waals surface area contributed by atoms with Gasteiger partial charge in [0.1, 0.15) is 15.0 Å². The highest BCUT2D eigenvalue weighted by Crippen LogP contribution is 2.44. The lowest BCUT2D eigenvalue weighted by molar-refractivity contribution is 1.07. The summed E-state index contributed by atoms with van der Waals surface area (Å²) in [6.45, 7) is 0. The van der Waals surface area contributed by atoms with E-state index in [2.05, 4.69) is 340 Å². The molecule has 636 valence electrons. The fourth-order valence-electron chi connectivity index (χ4n) is 16.5. The zero-order chi connectivity index (χ0) is 90.0. The van der Waals surface area contributed by atoms with Gasteiger partial charge in [0.05, 0.1) is 30.6 Å². The van der Waals surface area contributed by atoms with Crippen LogP contribution in [0.25, 0.3) is 232 Å². The Labute approximate surface area is 792 Å². The molecular weight excluding hydrogens is 1710 g/mol. The highest BCUT2D eigenvalue weighted by atomic mass is 32.1. The summed E-state index contributed by atoms with van der Waals surface area (Å²) in [5.74, 6) is 5.75. The van der Waals surface area contributed by atoms with Crippen LogP contribution < -0.4 is 0 Å². The molecule has 12 nitrogen and oxygen atoms in total. The lowest BCUT2D eigenvalue weighted by Gasteiger charge is -2.12. The maximum absolute atomic E-state index is 5.09. The molecule has 0 spiro atoms. The first kappa shape index (κ1) is 83.3. The molecular formula is C120H78N12S3. The van der Waals surface area contributed by atoms with E-state index in [0.717, 1.165) is 152 Å². The average Bonchev–Trinajstić information content (AvgIpc) is 1.74. The SMILES string of the molecule is c1ccc(-c2ccc(-c3nc(-c4ccccc4)nc(-c4ccc(-c5cccc6nc(-c7ccccc7)sc56)cc4)n3)cc2)cc1.c1ccc(-c2ccc(-c3nc(-c4ccccc4)nc(-c4cccc(-c5cccc6nc(-c7ccccc7)sc56)c4)n3)cc2)cc1.c1ccc(-c2ccc(-c3nc(-c4ccccc4)nc(-c4ccccc4-c4cccc5nc(-c6ccccc6)sc45)n3)cc2)cc1.